The van der Waals surface area contributed by atoms with Crippen molar-refractivity contribution in [2.45, 2.75) is 57.5 Å². The highest BCUT2D eigenvalue weighted by Gasteiger charge is 2.57. The van der Waals surface area contributed by atoms with E-state index in [1.165, 1.54) is 5.57 Å². The molecule has 118 valence electrons. The molecule has 0 aromatic rings. The lowest BCUT2D eigenvalue weighted by molar-refractivity contribution is -0.124. The second-order valence-electron chi connectivity index (χ2n) is 8.03. The van der Waals surface area contributed by atoms with Gasteiger partial charge < -0.3 is 5.11 Å². The Bertz CT molecular complexity index is 599. The Morgan fingerprint density at radius 2 is 2.09 bits per heavy atom. The Morgan fingerprint density at radius 1 is 1.27 bits per heavy atom. The van der Waals surface area contributed by atoms with Crippen LogP contribution in [0.2, 0.25) is 0 Å². The van der Waals surface area contributed by atoms with E-state index in [-0.39, 0.29) is 11.2 Å². The fraction of sp³-hybridized carbons (Fsp3) is 0.650. The quantitative estimate of drug-likeness (QED) is 0.795. The van der Waals surface area contributed by atoms with Crippen LogP contribution in [-0.4, -0.2) is 16.5 Å². The predicted octanol–water partition coefficient (Wildman–Crippen LogP) is 3.97. The first-order valence-electron chi connectivity index (χ1n) is 8.78. The van der Waals surface area contributed by atoms with Crippen LogP contribution in [0.25, 0.3) is 0 Å². The molecule has 2 saturated carbocycles. The lowest BCUT2D eigenvalue weighted by atomic mass is 9.50. The summed E-state index contributed by atoms with van der Waals surface area (Å²) in [6, 6.07) is 0. The summed E-state index contributed by atoms with van der Waals surface area (Å²) in [4.78, 5) is 11.7. The number of carbonyl (C=O) groups excluding carboxylic acids is 1. The van der Waals surface area contributed by atoms with E-state index in [0.717, 1.165) is 37.7 Å². The van der Waals surface area contributed by atoms with Crippen LogP contribution in [0.1, 0.15) is 51.9 Å². The summed E-state index contributed by atoms with van der Waals surface area (Å²) >= 11 is 0. The first kappa shape index (κ1) is 14.4. The maximum atomic E-state index is 11.7. The van der Waals surface area contributed by atoms with Gasteiger partial charge in [0.15, 0.2) is 5.78 Å². The number of hydrogen-bond donors (Lipinski definition) is 1. The maximum absolute atomic E-state index is 11.7. The maximum Gasteiger partial charge on any atom is 0.155 e. The van der Waals surface area contributed by atoms with Crippen LogP contribution < -0.4 is 0 Å². The zero-order valence-corrected chi connectivity index (χ0v) is 13.5. The van der Waals surface area contributed by atoms with Crippen molar-refractivity contribution in [2.75, 3.05) is 0 Å². The molecule has 4 aliphatic carbocycles. The molecule has 4 aliphatic rings. The van der Waals surface area contributed by atoms with Gasteiger partial charge in [0.25, 0.3) is 0 Å². The van der Waals surface area contributed by atoms with Crippen LogP contribution in [0.3, 0.4) is 0 Å². The summed E-state index contributed by atoms with van der Waals surface area (Å²) in [6.45, 7) is 6.40. The standard InChI is InChI=1S/C20H26O2/c1-3-13-5-7-17-16-6-4-14-12-15(21)8-11-20(14,22)18(16)9-10-19(13,17)2/h3,5,12,16-18,22H,1,4,6-11H2,2H3. The van der Waals surface area contributed by atoms with Crippen molar-refractivity contribution in [2.24, 2.45) is 23.2 Å². The Balaban J connectivity index is 1.69. The summed E-state index contributed by atoms with van der Waals surface area (Å²) in [6.07, 6.45) is 12.7. The molecule has 0 bridgehead atoms. The van der Waals surface area contributed by atoms with E-state index in [2.05, 4.69) is 19.6 Å². The van der Waals surface area contributed by atoms with Crippen molar-refractivity contribution < 1.29 is 9.90 Å². The predicted molar refractivity (Wildman–Crippen MR) is 87.2 cm³/mol. The molecule has 1 N–H and O–H groups in total. The van der Waals surface area contributed by atoms with Gasteiger partial charge in [0.2, 0.25) is 0 Å². The van der Waals surface area contributed by atoms with Crippen molar-refractivity contribution in [3.63, 3.8) is 0 Å². The molecule has 0 aliphatic heterocycles. The normalized spacial score (nSPS) is 47.0. The van der Waals surface area contributed by atoms with Gasteiger partial charge in [-0.15, -0.1) is 0 Å². The van der Waals surface area contributed by atoms with E-state index in [1.807, 2.05) is 6.08 Å². The largest absolute Gasteiger partial charge is 0.385 e. The van der Waals surface area contributed by atoms with Gasteiger partial charge in [0, 0.05) is 6.42 Å². The first-order chi connectivity index (χ1) is 10.5. The highest BCUT2D eigenvalue weighted by molar-refractivity contribution is 5.92. The van der Waals surface area contributed by atoms with Crippen LogP contribution in [0, 0.1) is 23.2 Å². The Labute approximate surface area is 133 Å². The molecule has 0 spiro atoms. The summed E-state index contributed by atoms with van der Waals surface area (Å²) in [7, 11) is 0. The minimum Gasteiger partial charge on any atom is -0.385 e. The third-order valence-electron chi connectivity index (χ3n) is 7.30. The fourth-order valence-electron chi connectivity index (χ4n) is 6.10. The minimum atomic E-state index is -0.699. The van der Waals surface area contributed by atoms with E-state index in [4.69, 9.17) is 0 Å². The van der Waals surface area contributed by atoms with E-state index >= 15 is 0 Å². The van der Waals surface area contributed by atoms with E-state index in [9.17, 15) is 9.90 Å². The number of allylic oxidation sites excluding steroid dienone is 4. The van der Waals surface area contributed by atoms with E-state index in [0.29, 0.717) is 30.6 Å². The molecule has 0 amide bonds. The van der Waals surface area contributed by atoms with Gasteiger partial charge in [-0.25, -0.2) is 0 Å². The van der Waals surface area contributed by atoms with Crippen molar-refractivity contribution in [1.29, 1.82) is 0 Å². The van der Waals surface area contributed by atoms with Gasteiger partial charge in [-0.3, -0.25) is 4.79 Å². The molecule has 22 heavy (non-hydrogen) atoms. The van der Waals surface area contributed by atoms with Gasteiger partial charge in [-0.1, -0.05) is 25.7 Å². The number of rotatable bonds is 1. The number of hydrogen-bond acceptors (Lipinski definition) is 2. The molecular weight excluding hydrogens is 272 g/mol. The molecule has 2 heteroatoms. The topological polar surface area (TPSA) is 37.3 Å². The van der Waals surface area contributed by atoms with Gasteiger partial charge in [0.1, 0.15) is 0 Å². The van der Waals surface area contributed by atoms with Crippen molar-refractivity contribution >= 4 is 5.78 Å². The van der Waals surface area contributed by atoms with Gasteiger partial charge in [-0.05, 0) is 78.9 Å². The molecule has 4 rings (SSSR count). The second-order valence-corrected chi connectivity index (χ2v) is 8.03. The summed E-state index contributed by atoms with van der Waals surface area (Å²) in [5.74, 6) is 1.77. The fourth-order valence-corrected chi connectivity index (χ4v) is 6.10. The lowest BCUT2D eigenvalue weighted by Gasteiger charge is -2.56. The number of ketones is 1. The third-order valence-corrected chi connectivity index (χ3v) is 7.30. The van der Waals surface area contributed by atoms with Crippen LogP contribution in [0.15, 0.2) is 36.0 Å². The monoisotopic (exact) mass is 298 g/mol. The van der Waals surface area contributed by atoms with Crippen LogP contribution in [-0.2, 0) is 4.79 Å². The lowest BCUT2D eigenvalue weighted by Crippen LogP contribution is -2.54. The van der Waals surface area contributed by atoms with E-state index in [1.54, 1.807) is 6.08 Å². The summed E-state index contributed by atoms with van der Waals surface area (Å²) in [5.41, 5.74) is 2.01. The molecule has 0 heterocycles. The SMILES string of the molecule is C=CC1=CCC2C3CCC4=CC(=O)CCC4(O)C3CCC12C. The van der Waals surface area contributed by atoms with Crippen molar-refractivity contribution in [1.82, 2.24) is 0 Å². The molecule has 2 fully saturated rings. The average molecular weight is 298 g/mol. The van der Waals surface area contributed by atoms with Crippen LogP contribution in [0.4, 0.5) is 0 Å². The molecule has 5 unspecified atom stereocenters. The Kier molecular flexibility index (Phi) is 3.07. The van der Waals surface area contributed by atoms with Gasteiger partial charge >= 0.3 is 0 Å². The summed E-state index contributed by atoms with van der Waals surface area (Å²) < 4.78 is 0. The molecule has 0 aromatic heterocycles. The summed E-state index contributed by atoms with van der Waals surface area (Å²) in [5, 5.41) is 11.4. The zero-order chi connectivity index (χ0) is 15.5. The second kappa shape index (κ2) is 4.67. The van der Waals surface area contributed by atoms with Gasteiger partial charge in [-0.2, -0.15) is 0 Å². The highest BCUT2D eigenvalue weighted by Crippen LogP contribution is 2.62. The molecule has 0 aromatic carbocycles. The highest BCUT2D eigenvalue weighted by atomic mass is 16.3. The molecular formula is C20H26O2. The molecule has 5 atom stereocenters. The molecule has 0 radical (unpaired) electrons. The van der Waals surface area contributed by atoms with Crippen molar-refractivity contribution in [3.05, 3.63) is 36.0 Å². The first-order valence-corrected chi connectivity index (χ1v) is 8.78. The molecule has 2 nitrogen and oxygen atoms in total. The van der Waals surface area contributed by atoms with Crippen molar-refractivity contribution in [3.8, 4) is 0 Å². The third kappa shape index (κ3) is 1.73. The number of fused-ring (bicyclic) bond motifs is 5. The molecule has 0 saturated heterocycles. The number of aliphatic hydroxyl groups is 1. The van der Waals surface area contributed by atoms with Crippen LogP contribution >= 0.6 is 0 Å². The Morgan fingerprint density at radius 3 is 2.86 bits per heavy atom. The Hall–Kier alpha value is -1.15. The zero-order valence-electron chi connectivity index (χ0n) is 13.5. The van der Waals surface area contributed by atoms with Gasteiger partial charge in [0.05, 0.1) is 5.60 Å². The average Bonchev–Trinajstić information content (AvgIpc) is 2.84. The smallest absolute Gasteiger partial charge is 0.155 e. The van der Waals surface area contributed by atoms with E-state index < -0.39 is 5.60 Å². The van der Waals surface area contributed by atoms with Crippen LogP contribution in [0.5, 0.6) is 0 Å². The number of carbonyl (C=O) groups is 1. The minimum absolute atomic E-state index is 0.204.